The van der Waals surface area contributed by atoms with Gasteiger partial charge in [-0.2, -0.15) is 0 Å². The molecular formula is C11H17N3O2. The lowest BCUT2D eigenvalue weighted by Crippen LogP contribution is -2.23. The summed E-state index contributed by atoms with van der Waals surface area (Å²) >= 11 is 0. The molecule has 0 saturated carbocycles. The fourth-order valence-electron chi connectivity index (χ4n) is 1.44. The first-order valence-corrected chi connectivity index (χ1v) is 5.39. The van der Waals surface area contributed by atoms with Crippen molar-refractivity contribution in [1.29, 1.82) is 0 Å². The van der Waals surface area contributed by atoms with Crippen molar-refractivity contribution in [2.24, 2.45) is 5.92 Å². The quantitative estimate of drug-likeness (QED) is 0.767. The molecule has 1 heterocycles. The van der Waals surface area contributed by atoms with E-state index < -0.39 is 5.97 Å². The molecule has 0 aliphatic heterocycles. The van der Waals surface area contributed by atoms with E-state index in [1.54, 1.807) is 19.2 Å². The molecule has 1 aromatic rings. The zero-order valence-electron chi connectivity index (χ0n) is 9.60. The number of hydrogen-bond donors (Lipinski definition) is 2. The Labute approximate surface area is 94.9 Å². The van der Waals surface area contributed by atoms with Crippen LogP contribution in [0.4, 0.5) is 5.82 Å². The summed E-state index contributed by atoms with van der Waals surface area (Å²) in [5, 5.41) is 12.0. The molecule has 2 N–H and O–H groups in total. The van der Waals surface area contributed by atoms with Crippen LogP contribution in [0, 0.1) is 12.8 Å². The summed E-state index contributed by atoms with van der Waals surface area (Å²) in [5.41, 5.74) is 0. The fourth-order valence-corrected chi connectivity index (χ4v) is 1.44. The van der Waals surface area contributed by atoms with Gasteiger partial charge in [0.1, 0.15) is 11.6 Å². The number of carboxylic acid groups (broad SMARTS) is 1. The number of carboxylic acids is 1. The Morgan fingerprint density at radius 3 is 2.94 bits per heavy atom. The first kappa shape index (κ1) is 12.4. The molecule has 1 rings (SSSR count). The van der Waals surface area contributed by atoms with Gasteiger partial charge in [0, 0.05) is 12.7 Å². The number of hydrogen-bond acceptors (Lipinski definition) is 4. The Balaban J connectivity index is 2.51. The minimum atomic E-state index is -0.764. The maximum absolute atomic E-state index is 10.9. The minimum absolute atomic E-state index is 0.361. The van der Waals surface area contributed by atoms with Gasteiger partial charge < -0.3 is 10.4 Å². The normalized spacial score (nSPS) is 12.1. The lowest BCUT2D eigenvalue weighted by Gasteiger charge is -2.12. The molecule has 0 aromatic carbocycles. The minimum Gasteiger partial charge on any atom is -0.481 e. The SMILES string of the molecule is CCCC(CNc1ccnc(C)n1)C(=O)O. The monoisotopic (exact) mass is 223 g/mol. The summed E-state index contributed by atoms with van der Waals surface area (Å²) in [6.45, 7) is 4.18. The van der Waals surface area contributed by atoms with Gasteiger partial charge in [0.15, 0.2) is 0 Å². The number of carbonyl (C=O) groups is 1. The van der Waals surface area contributed by atoms with E-state index in [-0.39, 0.29) is 5.92 Å². The zero-order chi connectivity index (χ0) is 12.0. The maximum Gasteiger partial charge on any atom is 0.308 e. The molecule has 0 saturated heterocycles. The second-order valence-electron chi connectivity index (χ2n) is 3.69. The van der Waals surface area contributed by atoms with Crippen LogP contribution >= 0.6 is 0 Å². The van der Waals surface area contributed by atoms with Crippen LogP contribution in [0.2, 0.25) is 0 Å². The highest BCUT2D eigenvalue weighted by Gasteiger charge is 2.15. The molecule has 1 aromatic heterocycles. The second kappa shape index (κ2) is 6.05. The molecule has 0 aliphatic carbocycles. The van der Waals surface area contributed by atoms with Gasteiger partial charge >= 0.3 is 5.97 Å². The third-order valence-corrected chi connectivity index (χ3v) is 2.29. The Bertz CT molecular complexity index is 355. The summed E-state index contributed by atoms with van der Waals surface area (Å²) in [5.74, 6) is 0.225. The van der Waals surface area contributed by atoms with Gasteiger partial charge in [-0.3, -0.25) is 4.79 Å². The molecule has 0 spiro atoms. The smallest absolute Gasteiger partial charge is 0.308 e. The van der Waals surface area contributed by atoms with Gasteiger partial charge in [-0.25, -0.2) is 9.97 Å². The molecule has 0 fully saturated rings. The van der Waals surface area contributed by atoms with E-state index in [0.717, 1.165) is 6.42 Å². The predicted octanol–water partition coefficient (Wildman–Crippen LogP) is 1.70. The largest absolute Gasteiger partial charge is 0.481 e. The number of aryl methyl sites for hydroxylation is 1. The van der Waals surface area contributed by atoms with Crippen LogP contribution in [0.3, 0.4) is 0 Å². The number of nitrogens with one attached hydrogen (secondary N) is 1. The van der Waals surface area contributed by atoms with Gasteiger partial charge in [-0.05, 0) is 19.4 Å². The fraction of sp³-hybridized carbons (Fsp3) is 0.545. The van der Waals surface area contributed by atoms with Crippen molar-refractivity contribution in [3.63, 3.8) is 0 Å². The van der Waals surface area contributed by atoms with Crippen LogP contribution in [0.25, 0.3) is 0 Å². The van der Waals surface area contributed by atoms with E-state index in [1.807, 2.05) is 6.92 Å². The number of aromatic nitrogens is 2. The van der Waals surface area contributed by atoms with Crippen LogP contribution in [0.15, 0.2) is 12.3 Å². The van der Waals surface area contributed by atoms with Crippen LogP contribution in [0.5, 0.6) is 0 Å². The van der Waals surface area contributed by atoms with Crippen molar-refractivity contribution in [1.82, 2.24) is 9.97 Å². The van der Waals surface area contributed by atoms with E-state index in [0.29, 0.717) is 24.6 Å². The molecule has 0 amide bonds. The van der Waals surface area contributed by atoms with Gasteiger partial charge in [0.25, 0.3) is 0 Å². The average Bonchev–Trinajstić information content (AvgIpc) is 2.24. The highest BCUT2D eigenvalue weighted by Crippen LogP contribution is 2.09. The van der Waals surface area contributed by atoms with Crippen molar-refractivity contribution < 1.29 is 9.90 Å². The summed E-state index contributed by atoms with van der Waals surface area (Å²) in [7, 11) is 0. The summed E-state index contributed by atoms with van der Waals surface area (Å²) in [6.07, 6.45) is 3.19. The third-order valence-electron chi connectivity index (χ3n) is 2.29. The van der Waals surface area contributed by atoms with Crippen molar-refractivity contribution in [3.8, 4) is 0 Å². The van der Waals surface area contributed by atoms with E-state index in [9.17, 15) is 4.79 Å². The first-order chi connectivity index (χ1) is 7.63. The van der Waals surface area contributed by atoms with Crippen molar-refractivity contribution >= 4 is 11.8 Å². The van der Waals surface area contributed by atoms with Gasteiger partial charge in [-0.1, -0.05) is 13.3 Å². The summed E-state index contributed by atoms with van der Waals surface area (Å²) in [6, 6.07) is 1.73. The van der Waals surface area contributed by atoms with Crippen LogP contribution in [-0.2, 0) is 4.79 Å². The highest BCUT2D eigenvalue weighted by molar-refractivity contribution is 5.70. The van der Waals surface area contributed by atoms with E-state index in [4.69, 9.17) is 5.11 Å². The molecule has 1 atom stereocenters. The van der Waals surface area contributed by atoms with Gasteiger partial charge in [0.05, 0.1) is 5.92 Å². The number of rotatable bonds is 6. The van der Waals surface area contributed by atoms with Crippen LogP contribution in [-0.4, -0.2) is 27.6 Å². The molecule has 5 heteroatoms. The Morgan fingerprint density at radius 2 is 2.38 bits per heavy atom. The summed E-state index contributed by atoms with van der Waals surface area (Å²) in [4.78, 5) is 19.0. The van der Waals surface area contributed by atoms with E-state index in [1.165, 1.54) is 0 Å². The van der Waals surface area contributed by atoms with Crippen molar-refractivity contribution in [2.45, 2.75) is 26.7 Å². The predicted molar refractivity (Wildman–Crippen MR) is 61.3 cm³/mol. The number of aliphatic carboxylic acids is 1. The molecule has 0 aliphatic rings. The third kappa shape index (κ3) is 3.84. The molecule has 0 radical (unpaired) electrons. The lowest BCUT2D eigenvalue weighted by molar-refractivity contribution is -0.141. The Hall–Kier alpha value is -1.65. The molecule has 5 nitrogen and oxygen atoms in total. The number of anilines is 1. The van der Waals surface area contributed by atoms with Crippen molar-refractivity contribution in [2.75, 3.05) is 11.9 Å². The Morgan fingerprint density at radius 1 is 1.62 bits per heavy atom. The van der Waals surface area contributed by atoms with E-state index in [2.05, 4.69) is 15.3 Å². The maximum atomic E-state index is 10.9. The molecular weight excluding hydrogens is 206 g/mol. The molecule has 1 unspecified atom stereocenters. The Kier molecular flexibility index (Phi) is 4.69. The van der Waals surface area contributed by atoms with Gasteiger partial charge in [-0.15, -0.1) is 0 Å². The molecule has 0 bridgehead atoms. The van der Waals surface area contributed by atoms with Crippen LogP contribution < -0.4 is 5.32 Å². The molecule has 16 heavy (non-hydrogen) atoms. The number of nitrogens with zero attached hydrogens (tertiary/aromatic N) is 2. The summed E-state index contributed by atoms with van der Waals surface area (Å²) < 4.78 is 0. The standard InChI is InChI=1S/C11H17N3O2/c1-3-4-9(11(15)16)7-13-10-5-6-12-8(2)14-10/h5-6,9H,3-4,7H2,1-2H3,(H,15,16)(H,12,13,14). The lowest BCUT2D eigenvalue weighted by atomic mass is 10.0. The zero-order valence-corrected chi connectivity index (χ0v) is 9.60. The van der Waals surface area contributed by atoms with Gasteiger partial charge in [0.2, 0.25) is 0 Å². The topological polar surface area (TPSA) is 75.1 Å². The molecule has 88 valence electrons. The second-order valence-corrected chi connectivity index (χ2v) is 3.69. The van der Waals surface area contributed by atoms with E-state index >= 15 is 0 Å². The highest BCUT2D eigenvalue weighted by atomic mass is 16.4. The average molecular weight is 223 g/mol. The van der Waals surface area contributed by atoms with Crippen LogP contribution in [0.1, 0.15) is 25.6 Å². The first-order valence-electron chi connectivity index (χ1n) is 5.39. The van der Waals surface area contributed by atoms with Crippen molar-refractivity contribution in [3.05, 3.63) is 18.1 Å².